The second kappa shape index (κ2) is 12.1. The van der Waals surface area contributed by atoms with E-state index in [9.17, 15) is 0 Å². The number of aliphatic imine (C=N–C) groups is 1. The molecule has 0 spiro atoms. The molecule has 6 nitrogen and oxygen atoms in total. The number of aryl methyl sites for hydroxylation is 3. The summed E-state index contributed by atoms with van der Waals surface area (Å²) in [5, 5.41) is 11.8. The quantitative estimate of drug-likeness (QED) is 0.247. The van der Waals surface area contributed by atoms with Crippen LogP contribution in [-0.4, -0.2) is 35.9 Å². The highest BCUT2D eigenvalue weighted by molar-refractivity contribution is 14.0. The molecule has 0 bridgehead atoms. The Morgan fingerprint density at radius 3 is 2.67 bits per heavy atom. The summed E-state index contributed by atoms with van der Waals surface area (Å²) < 4.78 is 7.69. The smallest absolute Gasteiger partial charge is 0.191 e. The van der Waals surface area contributed by atoms with Crippen molar-refractivity contribution in [3.63, 3.8) is 0 Å². The van der Waals surface area contributed by atoms with Crippen molar-refractivity contribution in [1.82, 2.24) is 20.4 Å². The van der Waals surface area contributed by atoms with Crippen LogP contribution < -0.4 is 15.4 Å². The number of nitrogens with zero attached hydrogens (tertiary/aromatic N) is 3. The SMILES string of the molecule is CCOc1cc(Cl)ccc1CNC(=NC)NCCCn1nc(C)cc1C.I. The predicted octanol–water partition coefficient (Wildman–Crippen LogP) is 3.93. The molecular weight excluding hydrogens is 477 g/mol. The van der Waals surface area contributed by atoms with Crippen LogP contribution in [0.3, 0.4) is 0 Å². The minimum absolute atomic E-state index is 0. The molecule has 0 atom stereocenters. The van der Waals surface area contributed by atoms with Crippen molar-refractivity contribution in [2.45, 2.75) is 40.3 Å². The molecule has 0 unspecified atom stereocenters. The fraction of sp³-hybridized carbons (Fsp3) is 0.474. The fourth-order valence-corrected chi connectivity index (χ4v) is 2.86. The summed E-state index contributed by atoms with van der Waals surface area (Å²) in [6.07, 6.45) is 0.966. The largest absolute Gasteiger partial charge is 0.493 e. The molecular formula is C19H29ClIN5O. The van der Waals surface area contributed by atoms with E-state index >= 15 is 0 Å². The van der Waals surface area contributed by atoms with Crippen LogP contribution in [0.2, 0.25) is 5.02 Å². The van der Waals surface area contributed by atoms with Gasteiger partial charge in [-0.1, -0.05) is 17.7 Å². The lowest BCUT2D eigenvalue weighted by Gasteiger charge is -2.15. The molecule has 1 heterocycles. The van der Waals surface area contributed by atoms with Gasteiger partial charge in [-0.05, 0) is 45.4 Å². The first-order valence-electron chi connectivity index (χ1n) is 8.90. The molecule has 1 aromatic carbocycles. The molecule has 2 aromatic rings. The van der Waals surface area contributed by atoms with Crippen molar-refractivity contribution < 1.29 is 4.74 Å². The molecule has 0 amide bonds. The van der Waals surface area contributed by atoms with Crippen LogP contribution in [0.4, 0.5) is 0 Å². The molecule has 0 saturated carbocycles. The minimum atomic E-state index is 0. The molecule has 0 aliphatic heterocycles. The normalized spacial score (nSPS) is 11.1. The Hall–Kier alpha value is -1.48. The Balaban J connectivity index is 0.00000364. The van der Waals surface area contributed by atoms with Gasteiger partial charge in [0.1, 0.15) is 5.75 Å². The topological polar surface area (TPSA) is 63.5 Å². The van der Waals surface area contributed by atoms with E-state index < -0.39 is 0 Å². The van der Waals surface area contributed by atoms with Crippen molar-refractivity contribution in [3.05, 3.63) is 46.2 Å². The summed E-state index contributed by atoms with van der Waals surface area (Å²) in [5.41, 5.74) is 3.29. The number of halogens is 2. The van der Waals surface area contributed by atoms with E-state index in [1.807, 2.05) is 36.7 Å². The van der Waals surface area contributed by atoms with Crippen LogP contribution in [-0.2, 0) is 13.1 Å². The van der Waals surface area contributed by atoms with Crippen molar-refractivity contribution >= 4 is 41.5 Å². The average Bonchev–Trinajstić information content (AvgIpc) is 2.93. The van der Waals surface area contributed by atoms with Gasteiger partial charge in [-0.25, -0.2) is 0 Å². The molecule has 0 aliphatic rings. The summed E-state index contributed by atoms with van der Waals surface area (Å²) in [6.45, 7) is 8.97. The molecule has 0 radical (unpaired) electrons. The number of hydrogen-bond donors (Lipinski definition) is 2. The van der Waals surface area contributed by atoms with E-state index in [1.54, 1.807) is 7.05 Å². The van der Waals surface area contributed by atoms with Gasteiger partial charge >= 0.3 is 0 Å². The van der Waals surface area contributed by atoms with Gasteiger partial charge in [-0.3, -0.25) is 9.67 Å². The van der Waals surface area contributed by atoms with E-state index in [2.05, 4.69) is 33.7 Å². The molecule has 1 aromatic heterocycles. The third-order valence-electron chi connectivity index (χ3n) is 3.94. The third kappa shape index (κ3) is 7.57. The first-order chi connectivity index (χ1) is 12.5. The Labute approximate surface area is 183 Å². The van der Waals surface area contributed by atoms with E-state index in [1.165, 1.54) is 5.69 Å². The highest BCUT2D eigenvalue weighted by Crippen LogP contribution is 2.23. The average molecular weight is 506 g/mol. The minimum Gasteiger partial charge on any atom is -0.493 e. The highest BCUT2D eigenvalue weighted by atomic mass is 127. The molecule has 0 aliphatic carbocycles. The first-order valence-corrected chi connectivity index (χ1v) is 9.28. The predicted molar refractivity (Wildman–Crippen MR) is 123 cm³/mol. The zero-order valence-corrected chi connectivity index (χ0v) is 19.5. The van der Waals surface area contributed by atoms with Gasteiger partial charge in [-0.2, -0.15) is 5.10 Å². The zero-order chi connectivity index (χ0) is 18.9. The van der Waals surface area contributed by atoms with Crippen molar-refractivity contribution in [2.24, 2.45) is 4.99 Å². The Kier molecular flexibility index (Phi) is 10.5. The lowest BCUT2D eigenvalue weighted by atomic mass is 10.2. The number of hydrogen-bond acceptors (Lipinski definition) is 3. The van der Waals surface area contributed by atoms with E-state index in [0.717, 1.165) is 42.5 Å². The van der Waals surface area contributed by atoms with Crippen LogP contribution >= 0.6 is 35.6 Å². The molecule has 150 valence electrons. The van der Waals surface area contributed by atoms with Crippen molar-refractivity contribution in [1.29, 1.82) is 0 Å². The second-order valence-corrected chi connectivity index (χ2v) is 6.48. The van der Waals surface area contributed by atoms with Gasteiger partial charge in [0.15, 0.2) is 5.96 Å². The van der Waals surface area contributed by atoms with E-state index in [-0.39, 0.29) is 24.0 Å². The van der Waals surface area contributed by atoms with E-state index in [4.69, 9.17) is 16.3 Å². The Morgan fingerprint density at radius 2 is 2.04 bits per heavy atom. The van der Waals surface area contributed by atoms with Crippen molar-refractivity contribution in [3.8, 4) is 5.75 Å². The summed E-state index contributed by atoms with van der Waals surface area (Å²) in [7, 11) is 1.77. The molecule has 0 fully saturated rings. The fourth-order valence-electron chi connectivity index (χ4n) is 2.70. The molecule has 2 rings (SSSR count). The van der Waals surface area contributed by atoms with Gasteiger partial charge < -0.3 is 15.4 Å². The Bertz CT molecular complexity index is 748. The van der Waals surface area contributed by atoms with Gasteiger partial charge in [0.25, 0.3) is 0 Å². The van der Waals surface area contributed by atoms with Crippen molar-refractivity contribution in [2.75, 3.05) is 20.2 Å². The molecule has 0 saturated heterocycles. The maximum absolute atomic E-state index is 6.05. The van der Waals surface area contributed by atoms with Gasteiger partial charge in [0, 0.05) is 43.0 Å². The molecule has 27 heavy (non-hydrogen) atoms. The highest BCUT2D eigenvalue weighted by Gasteiger charge is 2.06. The monoisotopic (exact) mass is 505 g/mol. The Morgan fingerprint density at radius 1 is 1.26 bits per heavy atom. The lowest BCUT2D eigenvalue weighted by molar-refractivity contribution is 0.336. The van der Waals surface area contributed by atoms with E-state index in [0.29, 0.717) is 18.2 Å². The standard InChI is InChI=1S/C19H28ClN5O.HI/c1-5-26-18-12-17(20)8-7-16(18)13-23-19(21-4)22-9-6-10-25-15(3)11-14(2)24-25;/h7-8,11-12H,5-6,9-10,13H2,1-4H3,(H2,21,22,23);1H. The number of aromatic nitrogens is 2. The number of ether oxygens (including phenoxy) is 1. The number of guanidine groups is 1. The van der Waals surface area contributed by atoms with Crippen LogP contribution in [0, 0.1) is 13.8 Å². The summed E-state index contributed by atoms with van der Waals surface area (Å²) in [4.78, 5) is 4.27. The van der Waals surface area contributed by atoms with Gasteiger partial charge in [0.2, 0.25) is 0 Å². The van der Waals surface area contributed by atoms with Crippen LogP contribution in [0.5, 0.6) is 5.75 Å². The zero-order valence-electron chi connectivity index (χ0n) is 16.4. The third-order valence-corrected chi connectivity index (χ3v) is 4.18. The van der Waals surface area contributed by atoms with Gasteiger partial charge in [-0.15, -0.1) is 24.0 Å². The van der Waals surface area contributed by atoms with Crippen LogP contribution in [0.25, 0.3) is 0 Å². The molecule has 2 N–H and O–H groups in total. The molecule has 8 heteroatoms. The first kappa shape index (κ1) is 23.6. The van der Waals surface area contributed by atoms with Crippen LogP contribution in [0.15, 0.2) is 29.3 Å². The number of nitrogens with one attached hydrogen (secondary N) is 2. The number of rotatable bonds is 8. The summed E-state index contributed by atoms with van der Waals surface area (Å²) >= 11 is 6.05. The van der Waals surface area contributed by atoms with Gasteiger partial charge in [0.05, 0.1) is 12.3 Å². The lowest BCUT2D eigenvalue weighted by Crippen LogP contribution is -2.37. The van der Waals surface area contributed by atoms with Crippen LogP contribution in [0.1, 0.15) is 30.3 Å². The summed E-state index contributed by atoms with van der Waals surface area (Å²) in [6, 6.07) is 7.77. The summed E-state index contributed by atoms with van der Waals surface area (Å²) in [5.74, 6) is 1.56. The maximum Gasteiger partial charge on any atom is 0.191 e. The maximum atomic E-state index is 6.05. The number of benzene rings is 1. The second-order valence-electron chi connectivity index (χ2n) is 6.04.